The Hall–Kier alpha value is -0.830. The lowest BCUT2D eigenvalue weighted by molar-refractivity contribution is -0.00352. The van der Waals surface area contributed by atoms with Crippen LogP contribution < -0.4 is 0 Å². The molecule has 0 aliphatic heterocycles. The monoisotopic (exact) mass is 210 g/mol. The summed E-state index contributed by atoms with van der Waals surface area (Å²) in [5.41, 5.74) is -0.676. The zero-order valence-corrected chi connectivity index (χ0v) is 10.4. The van der Waals surface area contributed by atoms with E-state index in [1.807, 2.05) is 31.5 Å². The lowest BCUT2D eigenvalue weighted by Gasteiger charge is -2.29. The smallest absolute Gasteiger partial charge is 0.111 e. The molecule has 1 unspecified atom stereocenters. The van der Waals surface area contributed by atoms with Gasteiger partial charge in [0.2, 0.25) is 0 Å². The number of imidazole rings is 1. The molecule has 0 spiro atoms. The minimum Gasteiger partial charge on any atom is -0.388 e. The van der Waals surface area contributed by atoms with Crippen LogP contribution in [0.15, 0.2) is 12.4 Å². The second-order valence-corrected chi connectivity index (χ2v) is 5.08. The Kier molecular flexibility index (Phi) is 3.55. The van der Waals surface area contributed by atoms with Crippen molar-refractivity contribution in [3.05, 3.63) is 18.2 Å². The zero-order chi connectivity index (χ0) is 11.6. The number of aliphatic hydroxyl groups is 1. The summed E-state index contributed by atoms with van der Waals surface area (Å²) in [6.07, 6.45) is 3.73. The summed E-state index contributed by atoms with van der Waals surface area (Å²) in [5, 5.41) is 10.2. The third-order valence-electron chi connectivity index (χ3n) is 3.00. The molecule has 3 heteroatoms. The van der Waals surface area contributed by atoms with Crippen LogP contribution in [0.25, 0.3) is 0 Å². The lowest BCUT2D eigenvalue weighted by atomic mass is 9.92. The quantitative estimate of drug-likeness (QED) is 0.828. The average Bonchev–Trinajstić information content (AvgIpc) is 2.51. The highest BCUT2D eigenvalue weighted by Crippen LogP contribution is 2.21. The van der Waals surface area contributed by atoms with E-state index < -0.39 is 5.60 Å². The summed E-state index contributed by atoms with van der Waals surface area (Å²) < 4.78 is 2.05. The number of aromatic nitrogens is 2. The SMILES string of the molecule is CC(C)c1nccn1CC(C)(O)C(C)C. The van der Waals surface area contributed by atoms with Crippen LogP contribution in [-0.4, -0.2) is 20.3 Å². The maximum absolute atomic E-state index is 10.2. The molecule has 3 nitrogen and oxygen atoms in total. The fraction of sp³-hybridized carbons (Fsp3) is 0.750. The average molecular weight is 210 g/mol. The van der Waals surface area contributed by atoms with Gasteiger partial charge in [-0.1, -0.05) is 27.7 Å². The Morgan fingerprint density at radius 2 is 2.00 bits per heavy atom. The third kappa shape index (κ3) is 2.81. The Labute approximate surface area is 92.1 Å². The van der Waals surface area contributed by atoms with Gasteiger partial charge in [0.25, 0.3) is 0 Å². The zero-order valence-electron chi connectivity index (χ0n) is 10.4. The molecule has 1 aromatic heterocycles. The molecule has 0 radical (unpaired) electrons. The van der Waals surface area contributed by atoms with Crippen LogP contribution in [0.2, 0.25) is 0 Å². The summed E-state index contributed by atoms with van der Waals surface area (Å²) in [7, 11) is 0. The maximum Gasteiger partial charge on any atom is 0.111 e. The highest BCUT2D eigenvalue weighted by Gasteiger charge is 2.26. The van der Waals surface area contributed by atoms with Gasteiger partial charge in [-0.05, 0) is 12.8 Å². The molecule has 1 atom stereocenters. The Morgan fingerprint density at radius 3 is 2.47 bits per heavy atom. The van der Waals surface area contributed by atoms with Gasteiger partial charge in [-0.2, -0.15) is 0 Å². The minimum absolute atomic E-state index is 0.236. The highest BCUT2D eigenvalue weighted by atomic mass is 16.3. The van der Waals surface area contributed by atoms with Crippen molar-refractivity contribution in [2.45, 2.75) is 52.7 Å². The number of nitrogens with zero attached hydrogens (tertiary/aromatic N) is 2. The number of hydrogen-bond donors (Lipinski definition) is 1. The van der Waals surface area contributed by atoms with Gasteiger partial charge in [-0.3, -0.25) is 0 Å². The summed E-state index contributed by atoms with van der Waals surface area (Å²) in [4.78, 5) is 4.31. The van der Waals surface area contributed by atoms with E-state index in [0.29, 0.717) is 12.5 Å². The van der Waals surface area contributed by atoms with E-state index in [2.05, 4.69) is 18.8 Å². The van der Waals surface area contributed by atoms with Crippen LogP contribution in [0.1, 0.15) is 46.4 Å². The van der Waals surface area contributed by atoms with E-state index in [1.54, 1.807) is 6.20 Å². The largest absolute Gasteiger partial charge is 0.388 e. The molecule has 1 aromatic rings. The fourth-order valence-electron chi connectivity index (χ4n) is 1.48. The van der Waals surface area contributed by atoms with Crippen LogP contribution >= 0.6 is 0 Å². The molecule has 0 fully saturated rings. The molecule has 1 rings (SSSR count). The number of hydrogen-bond acceptors (Lipinski definition) is 2. The summed E-state index contributed by atoms with van der Waals surface area (Å²) >= 11 is 0. The molecule has 0 aliphatic carbocycles. The van der Waals surface area contributed by atoms with Gasteiger partial charge >= 0.3 is 0 Å². The first-order valence-electron chi connectivity index (χ1n) is 5.58. The first kappa shape index (κ1) is 12.2. The molecule has 0 saturated carbocycles. The van der Waals surface area contributed by atoms with Crippen molar-refractivity contribution in [2.75, 3.05) is 0 Å². The van der Waals surface area contributed by atoms with E-state index in [1.165, 1.54) is 0 Å². The van der Waals surface area contributed by atoms with Crippen LogP contribution in [0.4, 0.5) is 0 Å². The van der Waals surface area contributed by atoms with E-state index in [0.717, 1.165) is 5.82 Å². The molecule has 1 heterocycles. The van der Waals surface area contributed by atoms with E-state index in [-0.39, 0.29) is 5.92 Å². The van der Waals surface area contributed by atoms with Gasteiger partial charge < -0.3 is 9.67 Å². The van der Waals surface area contributed by atoms with Crippen LogP contribution in [0.5, 0.6) is 0 Å². The van der Waals surface area contributed by atoms with Crippen molar-refractivity contribution in [1.29, 1.82) is 0 Å². The Morgan fingerprint density at radius 1 is 1.40 bits per heavy atom. The molecule has 0 saturated heterocycles. The molecule has 0 amide bonds. The molecular weight excluding hydrogens is 188 g/mol. The molecule has 15 heavy (non-hydrogen) atoms. The molecule has 0 bridgehead atoms. The van der Waals surface area contributed by atoms with Crippen LogP contribution in [0.3, 0.4) is 0 Å². The standard InChI is InChI=1S/C12H22N2O/c1-9(2)11-13-6-7-14(11)8-12(5,15)10(3)4/h6-7,9-10,15H,8H2,1-5H3. The minimum atomic E-state index is -0.676. The first-order valence-corrected chi connectivity index (χ1v) is 5.58. The predicted molar refractivity (Wildman–Crippen MR) is 61.8 cm³/mol. The van der Waals surface area contributed by atoms with E-state index >= 15 is 0 Å². The summed E-state index contributed by atoms with van der Waals surface area (Å²) in [6.45, 7) is 10.8. The van der Waals surface area contributed by atoms with Gasteiger partial charge in [0.1, 0.15) is 5.82 Å². The molecule has 86 valence electrons. The van der Waals surface area contributed by atoms with Crippen molar-refractivity contribution in [1.82, 2.24) is 9.55 Å². The first-order chi connectivity index (χ1) is 6.84. The van der Waals surface area contributed by atoms with E-state index in [4.69, 9.17) is 0 Å². The van der Waals surface area contributed by atoms with Crippen molar-refractivity contribution in [2.24, 2.45) is 5.92 Å². The second-order valence-electron chi connectivity index (χ2n) is 5.08. The van der Waals surface area contributed by atoms with E-state index in [9.17, 15) is 5.11 Å². The van der Waals surface area contributed by atoms with Gasteiger partial charge in [0.15, 0.2) is 0 Å². The normalized spacial score (nSPS) is 16.0. The summed E-state index contributed by atoms with van der Waals surface area (Å²) in [6, 6.07) is 0. The third-order valence-corrected chi connectivity index (χ3v) is 3.00. The highest BCUT2D eigenvalue weighted by molar-refractivity contribution is 4.99. The molecular formula is C12H22N2O. The van der Waals surface area contributed by atoms with Crippen molar-refractivity contribution < 1.29 is 5.11 Å². The molecule has 1 N–H and O–H groups in total. The Bertz CT molecular complexity index is 313. The topological polar surface area (TPSA) is 38.0 Å². The van der Waals surface area contributed by atoms with Gasteiger partial charge in [0.05, 0.1) is 12.1 Å². The van der Waals surface area contributed by atoms with Gasteiger partial charge in [0, 0.05) is 18.3 Å². The van der Waals surface area contributed by atoms with Gasteiger partial charge in [-0.25, -0.2) is 4.98 Å². The lowest BCUT2D eigenvalue weighted by Crippen LogP contribution is -2.36. The number of rotatable bonds is 4. The summed E-state index contributed by atoms with van der Waals surface area (Å²) in [5.74, 6) is 1.67. The van der Waals surface area contributed by atoms with Crippen molar-refractivity contribution in [3.63, 3.8) is 0 Å². The van der Waals surface area contributed by atoms with Gasteiger partial charge in [-0.15, -0.1) is 0 Å². The fourth-order valence-corrected chi connectivity index (χ4v) is 1.48. The van der Waals surface area contributed by atoms with Crippen LogP contribution in [-0.2, 0) is 6.54 Å². The van der Waals surface area contributed by atoms with Crippen LogP contribution in [0, 0.1) is 5.92 Å². The van der Waals surface area contributed by atoms with Crippen molar-refractivity contribution in [3.8, 4) is 0 Å². The predicted octanol–water partition coefficient (Wildman–Crippen LogP) is 2.41. The second kappa shape index (κ2) is 4.35. The molecule has 0 aliphatic rings. The Balaban J connectivity index is 2.85. The maximum atomic E-state index is 10.2. The molecule has 0 aromatic carbocycles. The van der Waals surface area contributed by atoms with Crippen molar-refractivity contribution >= 4 is 0 Å².